The fourth-order valence-electron chi connectivity index (χ4n) is 2.04. The van der Waals surface area contributed by atoms with Crippen molar-refractivity contribution in [3.8, 4) is 0 Å². The lowest BCUT2D eigenvalue weighted by molar-refractivity contribution is 0.203. The van der Waals surface area contributed by atoms with Gasteiger partial charge < -0.3 is 5.73 Å². The summed E-state index contributed by atoms with van der Waals surface area (Å²) in [5.41, 5.74) is 6.95. The molecular formula is C12H23N5. The van der Waals surface area contributed by atoms with Gasteiger partial charge in [0.05, 0.1) is 17.4 Å². The van der Waals surface area contributed by atoms with Crippen molar-refractivity contribution in [3.05, 3.63) is 11.9 Å². The molecule has 0 bridgehead atoms. The van der Waals surface area contributed by atoms with Crippen molar-refractivity contribution < 1.29 is 0 Å². The number of hydrogen-bond donors (Lipinski definition) is 1. The first-order valence-corrected chi connectivity index (χ1v) is 6.35. The van der Waals surface area contributed by atoms with Crippen molar-refractivity contribution in [3.63, 3.8) is 0 Å². The monoisotopic (exact) mass is 237 g/mol. The molecule has 0 aliphatic carbocycles. The van der Waals surface area contributed by atoms with Gasteiger partial charge in [0.2, 0.25) is 0 Å². The Bertz CT molecular complexity index is 357. The Kier molecular flexibility index (Phi) is 3.49. The second kappa shape index (κ2) is 4.74. The summed E-state index contributed by atoms with van der Waals surface area (Å²) < 4.78 is 1.93. The van der Waals surface area contributed by atoms with Crippen molar-refractivity contribution in [1.29, 1.82) is 0 Å². The lowest BCUT2D eigenvalue weighted by atomic mass is 10.1. The molecule has 5 nitrogen and oxygen atoms in total. The van der Waals surface area contributed by atoms with E-state index in [0.717, 1.165) is 38.2 Å². The molecular weight excluding hydrogens is 214 g/mol. The normalized spacial score (nSPS) is 19.8. The number of nitrogens with two attached hydrogens (primary N) is 1. The number of piperidine rings is 1. The van der Waals surface area contributed by atoms with E-state index in [1.54, 1.807) is 0 Å². The minimum atomic E-state index is 0.00943. The van der Waals surface area contributed by atoms with Gasteiger partial charge in [0.15, 0.2) is 0 Å². The molecule has 96 valence electrons. The third-order valence-corrected chi connectivity index (χ3v) is 3.25. The largest absolute Gasteiger partial charge is 0.328 e. The van der Waals surface area contributed by atoms with Crippen molar-refractivity contribution in [1.82, 2.24) is 19.9 Å². The average Bonchev–Trinajstić information content (AvgIpc) is 2.69. The van der Waals surface area contributed by atoms with Crippen molar-refractivity contribution in [2.75, 3.05) is 13.1 Å². The van der Waals surface area contributed by atoms with Gasteiger partial charge in [-0.3, -0.25) is 4.90 Å². The van der Waals surface area contributed by atoms with Gasteiger partial charge in [-0.1, -0.05) is 5.21 Å². The summed E-state index contributed by atoms with van der Waals surface area (Å²) >= 11 is 0. The quantitative estimate of drug-likeness (QED) is 0.832. The van der Waals surface area contributed by atoms with Crippen LogP contribution in [0.5, 0.6) is 0 Å². The van der Waals surface area contributed by atoms with Gasteiger partial charge in [-0.2, -0.15) is 0 Å². The molecule has 2 heterocycles. The molecule has 0 radical (unpaired) electrons. The van der Waals surface area contributed by atoms with Crippen molar-refractivity contribution in [2.45, 2.75) is 51.7 Å². The van der Waals surface area contributed by atoms with E-state index in [1.807, 2.05) is 4.68 Å². The Morgan fingerprint density at radius 2 is 2.00 bits per heavy atom. The van der Waals surface area contributed by atoms with E-state index in [1.165, 1.54) is 0 Å². The van der Waals surface area contributed by atoms with Crippen molar-refractivity contribution in [2.24, 2.45) is 5.73 Å². The molecule has 0 aromatic carbocycles. The number of aromatic nitrogens is 3. The smallest absolute Gasteiger partial charge is 0.0967 e. The van der Waals surface area contributed by atoms with Crippen LogP contribution in [0.25, 0.3) is 0 Å². The van der Waals surface area contributed by atoms with E-state index in [9.17, 15) is 0 Å². The maximum Gasteiger partial charge on any atom is 0.0967 e. The average molecular weight is 237 g/mol. The molecule has 0 unspecified atom stereocenters. The van der Waals surface area contributed by atoms with Gasteiger partial charge in [-0.15, -0.1) is 5.10 Å². The predicted octanol–water partition coefficient (Wildman–Crippen LogP) is 0.956. The van der Waals surface area contributed by atoms with Gasteiger partial charge in [0.25, 0.3) is 0 Å². The lowest BCUT2D eigenvalue weighted by Gasteiger charge is -2.29. The molecule has 1 saturated heterocycles. The third-order valence-electron chi connectivity index (χ3n) is 3.25. The molecule has 17 heavy (non-hydrogen) atoms. The molecule has 1 fully saturated rings. The summed E-state index contributed by atoms with van der Waals surface area (Å²) in [7, 11) is 0. The Hall–Kier alpha value is -0.940. The first-order chi connectivity index (χ1) is 7.95. The summed E-state index contributed by atoms with van der Waals surface area (Å²) in [5, 5.41) is 8.42. The first kappa shape index (κ1) is 12.5. The summed E-state index contributed by atoms with van der Waals surface area (Å²) in [5.74, 6) is 0. The van der Waals surface area contributed by atoms with Gasteiger partial charge in [0.1, 0.15) is 0 Å². The molecule has 0 saturated carbocycles. The van der Waals surface area contributed by atoms with Crippen LogP contribution in [0.15, 0.2) is 6.20 Å². The second-order valence-electron chi connectivity index (χ2n) is 5.94. The highest BCUT2D eigenvalue weighted by Gasteiger charge is 2.19. The van der Waals surface area contributed by atoms with Crippen LogP contribution in [0, 0.1) is 0 Å². The van der Waals surface area contributed by atoms with Crippen molar-refractivity contribution >= 4 is 0 Å². The summed E-state index contributed by atoms with van der Waals surface area (Å²) in [6.45, 7) is 9.43. The van der Waals surface area contributed by atoms with Gasteiger partial charge in [-0.05, 0) is 33.6 Å². The van der Waals surface area contributed by atoms with E-state index in [4.69, 9.17) is 5.73 Å². The standard InChI is InChI=1S/C12H23N5/c1-12(2,3)17-9-11(14-15-17)8-16-6-4-10(13)5-7-16/h9-10H,4-8,13H2,1-3H3. The van der Waals surface area contributed by atoms with E-state index >= 15 is 0 Å². The molecule has 1 aliphatic rings. The summed E-state index contributed by atoms with van der Waals surface area (Å²) in [6.07, 6.45) is 4.23. The van der Waals surface area contributed by atoms with Crippen LogP contribution in [0.3, 0.4) is 0 Å². The summed E-state index contributed by atoms with van der Waals surface area (Å²) in [6, 6.07) is 0.386. The van der Waals surface area contributed by atoms with E-state index in [0.29, 0.717) is 6.04 Å². The molecule has 5 heteroatoms. The molecule has 1 aliphatic heterocycles. The van der Waals surface area contributed by atoms with Crippen LogP contribution in [0.4, 0.5) is 0 Å². The lowest BCUT2D eigenvalue weighted by Crippen LogP contribution is -2.39. The van der Waals surface area contributed by atoms with Gasteiger partial charge >= 0.3 is 0 Å². The predicted molar refractivity (Wildman–Crippen MR) is 67.5 cm³/mol. The molecule has 1 aromatic heterocycles. The Labute approximate surface area is 103 Å². The van der Waals surface area contributed by atoms with Crippen LogP contribution in [-0.2, 0) is 12.1 Å². The Morgan fingerprint density at radius 1 is 1.35 bits per heavy atom. The summed E-state index contributed by atoms with van der Waals surface area (Å²) in [4.78, 5) is 2.40. The first-order valence-electron chi connectivity index (χ1n) is 6.35. The minimum absolute atomic E-state index is 0.00943. The number of rotatable bonds is 2. The number of nitrogens with zero attached hydrogens (tertiary/aromatic N) is 4. The molecule has 0 spiro atoms. The van der Waals surface area contributed by atoms with Gasteiger partial charge in [0, 0.05) is 25.7 Å². The highest BCUT2D eigenvalue weighted by atomic mass is 15.4. The highest BCUT2D eigenvalue weighted by Crippen LogP contribution is 2.14. The maximum atomic E-state index is 5.89. The maximum absolute atomic E-state index is 5.89. The third kappa shape index (κ3) is 3.26. The fraction of sp³-hybridized carbons (Fsp3) is 0.833. The van der Waals surface area contributed by atoms with Gasteiger partial charge in [-0.25, -0.2) is 4.68 Å². The van der Waals surface area contributed by atoms with E-state index in [-0.39, 0.29) is 5.54 Å². The fourth-order valence-corrected chi connectivity index (χ4v) is 2.04. The highest BCUT2D eigenvalue weighted by molar-refractivity contribution is 4.95. The molecule has 2 N–H and O–H groups in total. The van der Waals surface area contributed by atoms with Crippen LogP contribution < -0.4 is 5.73 Å². The second-order valence-corrected chi connectivity index (χ2v) is 5.94. The van der Waals surface area contributed by atoms with Crippen LogP contribution in [0.2, 0.25) is 0 Å². The Morgan fingerprint density at radius 3 is 2.53 bits per heavy atom. The molecule has 2 rings (SSSR count). The molecule has 1 aromatic rings. The number of hydrogen-bond acceptors (Lipinski definition) is 4. The number of likely N-dealkylation sites (tertiary alicyclic amines) is 1. The van der Waals surface area contributed by atoms with Crippen LogP contribution in [-0.4, -0.2) is 39.0 Å². The zero-order chi connectivity index (χ0) is 12.5. The molecule has 0 atom stereocenters. The van der Waals surface area contributed by atoms with Crippen LogP contribution in [0.1, 0.15) is 39.3 Å². The topological polar surface area (TPSA) is 60.0 Å². The zero-order valence-corrected chi connectivity index (χ0v) is 11.1. The zero-order valence-electron chi connectivity index (χ0n) is 11.1. The van der Waals surface area contributed by atoms with E-state index < -0.39 is 0 Å². The minimum Gasteiger partial charge on any atom is -0.328 e. The van der Waals surface area contributed by atoms with Crippen LogP contribution >= 0.6 is 0 Å². The SMILES string of the molecule is CC(C)(C)n1cc(CN2CCC(N)CC2)nn1. The molecule has 0 amide bonds. The van der Waals surface area contributed by atoms with E-state index in [2.05, 4.69) is 42.2 Å². The Balaban J connectivity index is 1.93.